The van der Waals surface area contributed by atoms with E-state index in [0.29, 0.717) is 5.92 Å². The molecule has 0 aliphatic rings. The van der Waals surface area contributed by atoms with Crippen molar-refractivity contribution in [3.63, 3.8) is 0 Å². The first kappa shape index (κ1) is 14.9. The van der Waals surface area contributed by atoms with Crippen LogP contribution in [0.1, 0.15) is 25.5 Å². The average Bonchev–Trinajstić information content (AvgIpc) is 2.40. The Kier molecular flexibility index (Phi) is 3.96. The van der Waals surface area contributed by atoms with Crippen LogP contribution in [0.3, 0.4) is 0 Å². The molecule has 0 saturated heterocycles. The second-order valence-corrected chi connectivity index (χ2v) is 17.0. The maximum absolute atomic E-state index is 5.72. The van der Waals surface area contributed by atoms with Crippen molar-refractivity contribution in [2.24, 2.45) is 0 Å². The van der Waals surface area contributed by atoms with Crippen molar-refractivity contribution in [1.82, 2.24) is 8.47 Å². The van der Waals surface area contributed by atoms with Crippen LogP contribution in [-0.4, -0.2) is 24.9 Å². The average molecular weight is 287 g/mol. The van der Waals surface area contributed by atoms with Gasteiger partial charge in [0.05, 0.1) is 0 Å². The van der Waals surface area contributed by atoms with Crippen LogP contribution in [0.5, 0.6) is 0 Å². The molecule has 0 aromatic carbocycles. The maximum atomic E-state index is 5.72. The highest BCUT2D eigenvalue weighted by Gasteiger charge is 2.27. The third-order valence-electron chi connectivity index (χ3n) is 2.90. The van der Waals surface area contributed by atoms with E-state index in [9.17, 15) is 0 Å². The van der Waals surface area contributed by atoms with Gasteiger partial charge in [-0.25, -0.2) is 0 Å². The molecule has 1 aromatic heterocycles. The highest BCUT2D eigenvalue weighted by Crippen LogP contribution is 2.23. The summed E-state index contributed by atoms with van der Waals surface area (Å²) in [5, 5.41) is 0. The Balaban J connectivity index is 3.59. The van der Waals surface area contributed by atoms with Gasteiger partial charge in [-0.1, -0.05) is 53.1 Å². The molecule has 1 heterocycles. The Bertz CT molecular complexity index is 458. The van der Waals surface area contributed by atoms with Gasteiger partial charge in [-0.2, -0.15) is 0 Å². The Morgan fingerprint density at radius 2 is 1.47 bits per heavy atom. The fraction of sp³-hybridized carbons (Fsp3) is 0.750. The van der Waals surface area contributed by atoms with Gasteiger partial charge in [-0.15, -0.1) is 0 Å². The molecule has 5 heteroatoms. The largest absolute Gasteiger partial charge is 0.352 e. The maximum Gasteiger partial charge on any atom is 0.163 e. The third-order valence-corrected chi connectivity index (χ3v) is 7.20. The SMILES string of the molecule is CC(C)c1cn([Si](C)(C)C)c(=S)n1[Si](C)(C)C. The zero-order valence-corrected chi connectivity index (χ0v) is 15.3. The van der Waals surface area contributed by atoms with Gasteiger partial charge in [0.25, 0.3) is 0 Å². The van der Waals surface area contributed by atoms with Crippen molar-refractivity contribution in [3.8, 4) is 0 Å². The predicted molar refractivity (Wildman–Crippen MR) is 84.8 cm³/mol. The quantitative estimate of drug-likeness (QED) is 0.587. The van der Waals surface area contributed by atoms with Crippen LogP contribution in [0.2, 0.25) is 39.3 Å². The third kappa shape index (κ3) is 3.00. The summed E-state index contributed by atoms with van der Waals surface area (Å²) in [6.07, 6.45) is 2.32. The van der Waals surface area contributed by atoms with Crippen LogP contribution in [0.25, 0.3) is 0 Å². The Morgan fingerprint density at radius 1 is 1.00 bits per heavy atom. The fourth-order valence-corrected chi connectivity index (χ4v) is 6.89. The lowest BCUT2D eigenvalue weighted by Crippen LogP contribution is -2.36. The van der Waals surface area contributed by atoms with Crippen molar-refractivity contribution in [3.05, 3.63) is 16.7 Å². The number of hydrogen-bond acceptors (Lipinski definition) is 1. The summed E-state index contributed by atoms with van der Waals surface area (Å²) >= 11 is 5.72. The lowest BCUT2D eigenvalue weighted by atomic mass is 10.2. The molecule has 0 fully saturated rings. The van der Waals surface area contributed by atoms with Crippen LogP contribution in [0, 0.1) is 4.77 Å². The minimum absolute atomic E-state index is 0.543. The lowest BCUT2D eigenvalue weighted by molar-refractivity contribution is 0.800. The number of nitrogens with zero attached hydrogens (tertiary/aromatic N) is 2. The molecule has 0 saturated carbocycles. The highest BCUT2D eigenvalue weighted by atomic mass is 32.1. The molecular formula is C12H26N2SSi2. The van der Waals surface area contributed by atoms with E-state index in [1.165, 1.54) is 5.69 Å². The standard InChI is InChI=1S/C12H26N2SSi2/c1-10(2)11-9-13(16(3,4)5)12(15)14(11)17(6,7)8/h9-10H,1-8H3. The van der Waals surface area contributed by atoms with Crippen molar-refractivity contribution in [2.45, 2.75) is 59.0 Å². The van der Waals surface area contributed by atoms with Crippen LogP contribution in [0.15, 0.2) is 6.20 Å². The van der Waals surface area contributed by atoms with Gasteiger partial charge < -0.3 is 8.47 Å². The smallest absolute Gasteiger partial charge is 0.163 e. The second kappa shape index (κ2) is 4.51. The minimum Gasteiger partial charge on any atom is -0.352 e. The van der Waals surface area contributed by atoms with Gasteiger partial charge >= 0.3 is 0 Å². The molecule has 98 valence electrons. The lowest BCUT2D eigenvalue weighted by Gasteiger charge is -2.24. The first-order valence-corrected chi connectivity index (χ1v) is 13.6. The number of rotatable bonds is 3. The van der Waals surface area contributed by atoms with E-state index in [1.807, 2.05) is 0 Å². The normalized spacial score (nSPS) is 13.5. The van der Waals surface area contributed by atoms with Crippen LogP contribution in [0.4, 0.5) is 0 Å². The zero-order chi connectivity index (χ0) is 13.6. The van der Waals surface area contributed by atoms with E-state index in [4.69, 9.17) is 12.2 Å². The van der Waals surface area contributed by atoms with Gasteiger partial charge in [0.15, 0.2) is 21.2 Å². The molecular weight excluding hydrogens is 260 g/mol. The summed E-state index contributed by atoms with van der Waals surface area (Å²) < 4.78 is 5.90. The van der Waals surface area contributed by atoms with Crippen molar-refractivity contribution >= 4 is 28.7 Å². The van der Waals surface area contributed by atoms with Crippen molar-refractivity contribution < 1.29 is 0 Å². The Labute approximate surface area is 113 Å². The molecule has 1 rings (SSSR count). The van der Waals surface area contributed by atoms with Gasteiger partial charge in [-0.3, -0.25) is 0 Å². The van der Waals surface area contributed by atoms with E-state index < -0.39 is 16.5 Å². The number of imidazole rings is 1. The monoisotopic (exact) mass is 286 g/mol. The predicted octanol–water partition coefficient (Wildman–Crippen LogP) is 4.51. The van der Waals surface area contributed by atoms with Crippen LogP contribution >= 0.6 is 12.2 Å². The molecule has 0 aliphatic heterocycles. The van der Waals surface area contributed by atoms with Crippen molar-refractivity contribution in [1.29, 1.82) is 0 Å². The van der Waals surface area contributed by atoms with Gasteiger partial charge in [-0.05, 0) is 18.1 Å². The van der Waals surface area contributed by atoms with Gasteiger partial charge in [0.1, 0.15) is 0 Å². The molecule has 0 aliphatic carbocycles. The van der Waals surface area contributed by atoms with Gasteiger partial charge in [0, 0.05) is 11.9 Å². The topological polar surface area (TPSA) is 9.86 Å². The second-order valence-electron chi connectivity index (χ2n) is 7.04. The zero-order valence-electron chi connectivity index (χ0n) is 12.5. The van der Waals surface area contributed by atoms with Gasteiger partial charge in [0.2, 0.25) is 0 Å². The summed E-state index contributed by atoms with van der Waals surface area (Å²) in [5.74, 6) is 0.543. The van der Waals surface area contributed by atoms with E-state index in [0.717, 1.165) is 4.77 Å². The Hall–Kier alpha value is -0.136. The van der Waals surface area contributed by atoms with E-state index in [2.05, 4.69) is 67.8 Å². The summed E-state index contributed by atoms with van der Waals surface area (Å²) in [6.45, 7) is 18.7. The summed E-state index contributed by atoms with van der Waals surface area (Å²) in [6, 6.07) is 0. The highest BCUT2D eigenvalue weighted by molar-refractivity contribution is 7.71. The molecule has 0 radical (unpaired) electrons. The number of hydrogen-bond donors (Lipinski definition) is 0. The molecule has 0 N–H and O–H groups in total. The number of aromatic nitrogens is 2. The van der Waals surface area contributed by atoms with Crippen LogP contribution < -0.4 is 0 Å². The molecule has 2 nitrogen and oxygen atoms in total. The van der Waals surface area contributed by atoms with E-state index >= 15 is 0 Å². The van der Waals surface area contributed by atoms with Crippen LogP contribution in [-0.2, 0) is 0 Å². The molecule has 0 spiro atoms. The summed E-state index contributed by atoms with van der Waals surface area (Å²) in [4.78, 5) is 0. The summed E-state index contributed by atoms with van der Waals surface area (Å²) in [7, 11) is -2.83. The Morgan fingerprint density at radius 3 is 1.71 bits per heavy atom. The molecule has 17 heavy (non-hydrogen) atoms. The minimum atomic E-state index is -1.43. The molecule has 1 aromatic rings. The molecule has 0 amide bonds. The first-order chi connectivity index (χ1) is 7.46. The molecule has 0 bridgehead atoms. The van der Waals surface area contributed by atoms with E-state index in [1.54, 1.807) is 0 Å². The van der Waals surface area contributed by atoms with E-state index in [-0.39, 0.29) is 0 Å². The summed E-state index contributed by atoms with van der Waals surface area (Å²) in [5.41, 5.74) is 1.41. The van der Waals surface area contributed by atoms with Crippen molar-refractivity contribution in [2.75, 3.05) is 0 Å². The first-order valence-electron chi connectivity index (χ1n) is 6.31. The molecule has 0 unspecified atom stereocenters. The molecule has 0 atom stereocenters. The fourth-order valence-electron chi connectivity index (χ4n) is 2.03.